The molecule has 1 aliphatic rings. The number of hydrogen-bond acceptors (Lipinski definition) is 4. The summed E-state index contributed by atoms with van der Waals surface area (Å²) in [6.07, 6.45) is 5.67. The monoisotopic (exact) mass is 272 g/mol. The SMILES string of the molecule is O=P(O)(O)OP(=O)(O)OCC=C1CCCC1. The lowest BCUT2D eigenvalue weighted by atomic mass is 10.2. The Kier molecular flexibility index (Phi) is 4.88. The normalized spacial score (nSPS) is 20.8. The van der Waals surface area contributed by atoms with Crippen LogP contribution in [0.3, 0.4) is 0 Å². The van der Waals surface area contributed by atoms with E-state index in [9.17, 15) is 9.13 Å². The Hall–Kier alpha value is -0.0000000000000000555. The molecule has 1 fully saturated rings. The van der Waals surface area contributed by atoms with Crippen LogP contribution in [0.2, 0.25) is 0 Å². The first-order valence-electron chi connectivity index (χ1n) is 4.71. The zero-order valence-corrected chi connectivity index (χ0v) is 10.3. The highest BCUT2D eigenvalue weighted by molar-refractivity contribution is 7.60. The van der Waals surface area contributed by atoms with Gasteiger partial charge in [-0.05, 0) is 25.7 Å². The summed E-state index contributed by atoms with van der Waals surface area (Å²) in [4.78, 5) is 25.6. The Morgan fingerprint density at radius 3 is 2.25 bits per heavy atom. The molecule has 0 aromatic heterocycles. The summed E-state index contributed by atoms with van der Waals surface area (Å²) in [5.74, 6) is 0. The van der Waals surface area contributed by atoms with Gasteiger partial charge >= 0.3 is 15.6 Å². The molecule has 0 amide bonds. The van der Waals surface area contributed by atoms with Gasteiger partial charge in [-0.3, -0.25) is 4.52 Å². The molecule has 0 aromatic rings. The van der Waals surface area contributed by atoms with E-state index in [4.69, 9.17) is 14.7 Å². The van der Waals surface area contributed by atoms with Crippen molar-refractivity contribution in [3.05, 3.63) is 11.6 Å². The summed E-state index contributed by atoms with van der Waals surface area (Å²) in [5, 5.41) is 0. The van der Waals surface area contributed by atoms with Crippen LogP contribution in [-0.2, 0) is 18.0 Å². The maximum atomic E-state index is 11.0. The van der Waals surface area contributed by atoms with E-state index in [1.54, 1.807) is 6.08 Å². The van der Waals surface area contributed by atoms with Gasteiger partial charge in [-0.2, -0.15) is 4.31 Å². The molecule has 94 valence electrons. The third-order valence-corrected chi connectivity index (χ3v) is 4.22. The molecule has 0 heterocycles. The molecule has 1 rings (SSSR count). The van der Waals surface area contributed by atoms with Crippen LogP contribution in [0.5, 0.6) is 0 Å². The predicted octanol–water partition coefficient (Wildman–Crippen LogP) is 1.71. The van der Waals surface area contributed by atoms with Gasteiger partial charge in [-0.1, -0.05) is 11.6 Å². The average Bonchev–Trinajstić information content (AvgIpc) is 2.51. The number of rotatable bonds is 5. The minimum absolute atomic E-state index is 0.191. The number of allylic oxidation sites excluding steroid dienone is 1. The fourth-order valence-electron chi connectivity index (χ4n) is 1.44. The Balaban J connectivity index is 2.39. The van der Waals surface area contributed by atoms with Gasteiger partial charge < -0.3 is 14.7 Å². The van der Waals surface area contributed by atoms with Gasteiger partial charge in [0.2, 0.25) is 0 Å². The second-order valence-electron chi connectivity index (χ2n) is 3.41. The van der Waals surface area contributed by atoms with E-state index in [1.807, 2.05) is 0 Å². The van der Waals surface area contributed by atoms with Gasteiger partial charge in [-0.25, -0.2) is 9.13 Å². The Bertz CT molecular complexity index is 350. The van der Waals surface area contributed by atoms with Crippen molar-refractivity contribution in [1.82, 2.24) is 0 Å². The van der Waals surface area contributed by atoms with Crippen LogP contribution in [0.4, 0.5) is 0 Å². The molecule has 9 heteroatoms. The molecule has 0 aliphatic heterocycles. The van der Waals surface area contributed by atoms with Crippen molar-refractivity contribution in [3.8, 4) is 0 Å². The van der Waals surface area contributed by atoms with Gasteiger partial charge in [0.15, 0.2) is 0 Å². The van der Waals surface area contributed by atoms with Crippen LogP contribution in [0.25, 0.3) is 0 Å². The van der Waals surface area contributed by atoms with E-state index < -0.39 is 15.6 Å². The summed E-state index contributed by atoms with van der Waals surface area (Å²) in [6.45, 7) is -0.191. The summed E-state index contributed by atoms with van der Waals surface area (Å²) < 4.78 is 29.3. The molecule has 7 nitrogen and oxygen atoms in total. The highest BCUT2D eigenvalue weighted by Gasteiger charge is 2.31. The van der Waals surface area contributed by atoms with E-state index in [2.05, 4.69) is 8.83 Å². The third-order valence-electron chi connectivity index (χ3n) is 2.07. The molecule has 1 unspecified atom stereocenters. The van der Waals surface area contributed by atoms with Crippen molar-refractivity contribution in [1.29, 1.82) is 0 Å². The Morgan fingerprint density at radius 2 is 1.75 bits per heavy atom. The van der Waals surface area contributed by atoms with Gasteiger partial charge in [0.05, 0.1) is 6.61 Å². The van der Waals surface area contributed by atoms with Crippen molar-refractivity contribution in [2.24, 2.45) is 0 Å². The van der Waals surface area contributed by atoms with E-state index in [1.165, 1.54) is 0 Å². The lowest BCUT2D eigenvalue weighted by Crippen LogP contribution is -1.94. The van der Waals surface area contributed by atoms with Crippen molar-refractivity contribution < 1.29 is 32.6 Å². The lowest BCUT2D eigenvalue weighted by molar-refractivity contribution is 0.191. The van der Waals surface area contributed by atoms with Crippen LogP contribution in [0.15, 0.2) is 11.6 Å². The van der Waals surface area contributed by atoms with E-state index in [-0.39, 0.29) is 6.61 Å². The van der Waals surface area contributed by atoms with Gasteiger partial charge in [-0.15, -0.1) is 0 Å². The van der Waals surface area contributed by atoms with Crippen LogP contribution in [0.1, 0.15) is 25.7 Å². The van der Waals surface area contributed by atoms with Crippen LogP contribution in [0, 0.1) is 0 Å². The number of phosphoric ester groups is 1. The molecule has 1 atom stereocenters. The number of phosphoric acid groups is 2. The van der Waals surface area contributed by atoms with Crippen molar-refractivity contribution in [3.63, 3.8) is 0 Å². The molecular weight excluding hydrogens is 258 g/mol. The first kappa shape index (κ1) is 14.1. The molecule has 0 spiro atoms. The number of hydrogen-bond donors (Lipinski definition) is 3. The van der Waals surface area contributed by atoms with Gasteiger partial charge in [0.1, 0.15) is 0 Å². The molecule has 0 bridgehead atoms. The molecular formula is C7H14O7P2. The molecule has 3 N–H and O–H groups in total. The van der Waals surface area contributed by atoms with Crippen molar-refractivity contribution in [2.45, 2.75) is 25.7 Å². The zero-order valence-electron chi connectivity index (χ0n) is 8.48. The highest BCUT2D eigenvalue weighted by Crippen LogP contribution is 2.57. The predicted molar refractivity (Wildman–Crippen MR) is 55.5 cm³/mol. The van der Waals surface area contributed by atoms with E-state index in [0.717, 1.165) is 31.3 Å². The molecule has 1 saturated carbocycles. The second-order valence-corrected chi connectivity index (χ2v) is 6.24. The Morgan fingerprint density at radius 1 is 1.19 bits per heavy atom. The molecule has 0 saturated heterocycles. The first-order valence-corrected chi connectivity index (χ1v) is 7.73. The summed E-state index contributed by atoms with van der Waals surface area (Å²) in [6, 6.07) is 0. The van der Waals surface area contributed by atoms with Crippen molar-refractivity contribution >= 4 is 15.6 Å². The summed E-state index contributed by atoms with van der Waals surface area (Å²) >= 11 is 0. The average molecular weight is 272 g/mol. The topological polar surface area (TPSA) is 113 Å². The van der Waals surface area contributed by atoms with Crippen LogP contribution < -0.4 is 0 Å². The first-order chi connectivity index (χ1) is 7.29. The summed E-state index contributed by atoms with van der Waals surface area (Å²) in [7, 11) is -9.69. The third kappa shape index (κ3) is 5.92. The fourth-order valence-corrected chi connectivity index (χ4v) is 2.97. The van der Waals surface area contributed by atoms with Gasteiger partial charge in [0.25, 0.3) is 0 Å². The summed E-state index contributed by atoms with van der Waals surface area (Å²) in [5.41, 5.74) is 1.12. The lowest BCUT2D eigenvalue weighted by Gasteiger charge is -2.11. The smallest absolute Gasteiger partial charge is 0.302 e. The van der Waals surface area contributed by atoms with E-state index >= 15 is 0 Å². The van der Waals surface area contributed by atoms with Crippen LogP contribution >= 0.6 is 15.6 Å². The second kappa shape index (κ2) is 5.56. The van der Waals surface area contributed by atoms with E-state index in [0.29, 0.717) is 0 Å². The maximum absolute atomic E-state index is 11.0. The van der Waals surface area contributed by atoms with Gasteiger partial charge in [0, 0.05) is 0 Å². The highest BCUT2D eigenvalue weighted by atomic mass is 31.3. The maximum Gasteiger partial charge on any atom is 0.481 e. The Labute approximate surface area is 92.9 Å². The quantitative estimate of drug-likeness (QED) is 0.515. The minimum Gasteiger partial charge on any atom is -0.302 e. The minimum atomic E-state index is -5.01. The van der Waals surface area contributed by atoms with Crippen LogP contribution in [-0.4, -0.2) is 21.3 Å². The molecule has 0 radical (unpaired) electrons. The molecule has 0 aromatic carbocycles. The van der Waals surface area contributed by atoms with Crippen molar-refractivity contribution in [2.75, 3.05) is 6.61 Å². The zero-order chi connectivity index (χ0) is 12.2. The molecule has 1 aliphatic carbocycles. The largest absolute Gasteiger partial charge is 0.481 e. The fraction of sp³-hybridized carbons (Fsp3) is 0.714. The standard InChI is InChI=1S/C7H14O7P2/c8-15(9,10)14-16(11,12)13-6-5-7-3-1-2-4-7/h5H,1-4,6H2,(H,11,12)(H2,8,9,10). The molecule has 16 heavy (non-hydrogen) atoms.